The maximum Gasteiger partial charge on any atom is 0.0944 e. The van der Waals surface area contributed by atoms with Gasteiger partial charge in [0.05, 0.1) is 5.01 Å². The van der Waals surface area contributed by atoms with Gasteiger partial charge >= 0.3 is 0 Å². The molecule has 6 heteroatoms. The van der Waals surface area contributed by atoms with Crippen molar-refractivity contribution in [1.29, 1.82) is 0 Å². The Labute approximate surface area is 117 Å². The molecule has 1 unspecified atom stereocenters. The van der Waals surface area contributed by atoms with Gasteiger partial charge in [0.15, 0.2) is 0 Å². The molecule has 0 aliphatic carbocycles. The maximum absolute atomic E-state index is 5.61. The predicted octanol–water partition coefficient (Wildman–Crippen LogP) is 2.89. The molecule has 1 atom stereocenters. The molecule has 0 aliphatic rings. The number of nitrogens with zero attached hydrogens (tertiary/aromatic N) is 1. The highest BCUT2D eigenvalue weighted by Gasteiger charge is 2.13. The molecule has 0 aromatic carbocycles. The molecule has 0 fully saturated rings. The van der Waals surface area contributed by atoms with Crippen molar-refractivity contribution in [2.75, 3.05) is 0 Å². The van der Waals surface area contributed by atoms with E-state index < -0.39 is 0 Å². The summed E-state index contributed by atoms with van der Waals surface area (Å²) in [6, 6.07) is 2.30. The molecule has 17 heavy (non-hydrogen) atoms. The van der Waals surface area contributed by atoms with Gasteiger partial charge in [0.1, 0.15) is 0 Å². The van der Waals surface area contributed by atoms with Crippen LogP contribution in [0.15, 0.2) is 21.3 Å². The van der Waals surface area contributed by atoms with Crippen LogP contribution in [0.5, 0.6) is 0 Å². The van der Waals surface area contributed by atoms with E-state index in [0.717, 1.165) is 28.0 Å². The number of halogens is 1. The minimum atomic E-state index is 0.232. The number of aromatic nitrogens is 1. The molecule has 3 N–H and O–H groups in total. The first-order valence-electron chi connectivity index (χ1n) is 5.28. The van der Waals surface area contributed by atoms with Crippen LogP contribution in [-0.2, 0) is 12.8 Å². The predicted molar refractivity (Wildman–Crippen MR) is 77.4 cm³/mol. The van der Waals surface area contributed by atoms with Gasteiger partial charge in [-0.3, -0.25) is 11.3 Å². The summed E-state index contributed by atoms with van der Waals surface area (Å²) in [4.78, 5) is 5.79. The van der Waals surface area contributed by atoms with E-state index in [9.17, 15) is 0 Å². The molecule has 0 amide bonds. The number of thiazole rings is 1. The zero-order valence-corrected chi connectivity index (χ0v) is 12.7. The molecule has 0 aliphatic heterocycles. The Hall–Kier alpha value is -0.270. The van der Waals surface area contributed by atoms with Crippen molar-refractivity contribution in [3.8, 4) is 0 Å². The second-order valence-electron chi connectivity index (χ2n) is 3.85. The lowest BCUT2D eigenvalue weighted by atomic mass is 10.1. The van der Waals surface area contributed by atoms with Gasteiger partial charge in [0.2, 0.25) is 0 Å². The van der Waals surface area contributed by atoms with E-state index in [4.69, 9.17) is 5.84 Å². The molecular formula is C11H14BrN3S2. The highest BCUT2D eigenvalue weighted by molar-refractivity contribution is 9.10. The number of hydrogen-bond acceptors (Lipinski definition) is 5. The fourth-order valence-electron chi connectivity index (χ4n) is 1.59. The van der Waals surface area contributed by atoms with Gasteiger partial charge in [0, 0.05) is 32.9 Å². The van der Waals surface area contributed by atoms with E-state index in [2.05, 4.69) is 43.2 Å². The maximum atomic E-state index is 5.61. The Morgan fingerprint density at radius 3 is 2.82 bits per heavy atom. The minimum Gasteiger partial charge on any atom is -0.271 e. The second-order valence-corrected chi connectivity index (χ2v) is 6.64. The van der Waals surface area contributed by atoms with Crippen LogP contribution in [0.2, 0.25) is 0 Å². The molecule has 2 heterocycles. The number of rotatable bonds is 5. The number of nitrogens with one attached hydrogen (secondary N) is 1. The number of nitrogens with two attached hydrogens (primary N) is 1. The number of aryl methyl sites for hydroxylation is 1. The van der Waals surface area contributed by atoms with E-state index in [0.29, 0.717) is 0 Å². The lowest BCUT2D eigenvalue weighted by molar-refractivity contribution is 0.524. The molecule has 0 spiro atoms. The lowest BCUT2D eigenvalue weighted by Gasteiger charge is -2.13. The van der Waals surface area contributed by atoms with Crippen LogP contribution in [0.3, 0.4) is 0 Å². The molecule has 0 bridgehead atoms. The van der Waals surface area contributed by atoms with Crippen molar-refractivity contribution in [1.82, 2.24) is 10.4 Å². The first kappa shape index (κ1) is 13.2. The zero-order valence-electron chi connectivity index (χ0n) is 9.44. The normalized spacial score (nSPS) is 12.9. The van der Waals surface area contributed by atoms with Gasteiger partial charge in [-0.25, -0.2) is 4.98 Å². The van der Waals surface area contributed by atoms with Gasteiger partial charge in [-0.15, -0.1) is 22.7 Å². The van der Waals surface area contributed by atoms with Crippen molar-refractivity contribution < 1.29 is 0 Å². The zero-order chi connectivity index (χ0) is 12.3. The highest BCUT2D eigenvalue weighted by atomic mass is 79.9. The topological polar surface area (TPSA) is 50.9 Å². The van der Waals surface area contributed by atoms with Crippen molar-refractivity contribution in [3.05, 3.63) is 36.9 Å². The monoisotopic (exact) mass is 331 g/mol. The van der Waals surface area contributed by atoms with Crippen LogP contribution in [0.4, 0.5) is 0 Å². The van der Waals surface area contributed by atoms with E-state index in [1.54, 1.807) is 22.7 Å². The summed E-state index contributed by atoms with van der Waals surface area (Å²) >= 11 is 6.99. The van der Waals surface area contributed by atoms with Gasteiger partial charge in [-0.1, -0.05) is 0 Å². The smallest absolute Gasteiger partial charge is 0.0944 e. The second kappa shape index (κ2) is 6.06. The number of thiophene rings is 1. The van der Waals surface area contributed by atoms with E-state index in [-0.39, 0.29) is 6.04 Å². The molecule has 92 valence electrons. The quantitative estimate of drug-likeness (QED) is 0.654. The summed E-state index contributed by atoms with van der Waals surface area (Å²) in [5.41, 5.74) is 3.96. The van der Waals surface area contributed by atoms with Gasteiger partial charge in [0.25, 0.3) is 0 Å². The van der Waals surface area contributed by atoms with Gasteiger partial charge in [-0.05, 0) is 40.7 Å². The first-order valence-corrected chi connectivity index (χ1v) is 7.83. The number of hydrogen-bond donors (Lipinski definition) is 2. The van der Waals surface area contributed by atoms with Gasteiger partial charge in [-0.2, -0.15) is 0 Å². The molecule has 0 saturated carbocycles. The minimum absolute atomic E-state index is 0.232. The largest absolute Gasteiger partial charge is 0.271 e. The summed E-state index contributed by atoms with van der Waals surface area (Å²) in [7, 11) is 0. The van der Waals surface area contributed by atoms with E-state index >= 15 is 0 Å². The molecule has 0 radical (unpaired) electrons. The molecule has 0 saturated heterocycles. The van der Waals surface area contributed by atoms with Crippen molar-refractivity contribution in [3.63, 3.8) is 0 Å². The molecule has 3 nitrogen and oxygen atoms in total. The Bertz CT molecular complexity index is 481. The average molecular weight is 332 g/mol. The van der Waals surface area contributed by atoms with Crippen LogP contribution in [0.25, 0.3) is 0 Å². The third kappa shape index (κ3) is 3.59. The molecular weight excluding hydrogens is 318 g/mol. The SMILES string of the molecule is Cc1csc(CC(Cc2sccc2Br)NN)n1. The van der Waals surface area contributed by atoms with Gasteiger partial charge < -0.3 is 0 Å². The van der Waals surface area contributed by atoms with Crippen molar-refractivity contribution in [2.24, 2.45) is 5.84 Å². The Kier molecular flexibility index (Phi) is 4.69. The highest BCUT2D eigenvalue weighted by Crippen LogP contribution is 2.24. The first-order chi connectivity index (χ1) is 8.19. The summed E-state index contributed by atoms with van der Waals surface area (Å²) < 4.78 is 1.16. The summed E-state index contributed by atoms with van der Waals surface area (Å²) in [6.07, 6.45) is 1.80. The Morgan fingerprint density at radius 1 is 1.47 bits per heavy atom. The van der Waals surface area contributed by atoms with E-state index in [1.807, 2.05) is 6.92 Å². The van der Waals surface area contributed by atoms with Crippen molar-refractivity contribution >= 4 is 38.6 Å². The standard InChI is InChI=1S/C11H14BrN3S2/c1-7-6-17-11(14-7)5-8(15-13)4-10-9(12)2-3-16-10/h2-3,6,8,15H,4-5,13H2,1H3. The van der Waals surface area contributed by atoms with Crippen LogP contribution in [0, 0.1) is 6.92 Å². The third-order valence-electron chi connectivity index (χ3n) is 2.45. The van der Waals surface area contributed by atoms with E-state index in [1.165, 1.54) is 4.88 Å². The molecule has 2 rings (SSSR count). The van der Waals surface area contributed by atoms with Crippen molar-refractivity contribution in [2.45, 2.75) is 25.8 Å². The third-order valence-corrected chi connectivity index (χ3v) is 5.38. The fourth-order valence-corrected chi connectivity index (χ4v) is 4.04. The Balaban J connectivity index is 2.00. The van der Waals surface area contributed by atoms with Crippen LogP contribution in [0.1, 0.15) is 15.6 Å². The van der Waals surface area contributed by atoms with Crippen LogP contribution in [-0.4, -0.2) is 11.0 Å². The lowest BCUT2D eigenvalue weighted by Crippen LogP contribution is -2.38. The summed E-state index contributed by atoms with van der Waals surface area (Å²) in [5, 5.41) is 5.29. The van der Waals surface area contributed by atoms with Crippen LogP contribution >= 0.6 is 38.6 Å². The summed E-state index contributed by atoms with van der Waals surface area (Å²) in [5.74, 6) is 5.61. The molecule has 2 aromatic heterocycles. The fraction of sp³-hybridized carbons (Fsp3) is 0.364. The van der Waals surface area contributed by atoms with Crippen LogP contribution < -0.4 is 11.3 Å². The number of hydrazine groups is 1. The molecule has 2 aromatic rings. The summed E-state index contributed by atoms with van der Waals surface area (Å²) in [6.45, 7) is 2.01. The average Bonchev–Trinajstić information content (AvgIpc) is 2.88. The Morgan fingerprint density at radius 2 is 2.29 bits per heavy atom.